The van der Waals surface area contributed by atoms with Crippen molar-refractivity contribution in [3.05, 3.63) is 35.6 Å². The first kappa shape index (κ1) is 18.8. The molecule has 1 unspecified atom stereocenters. The molecular formula is C14H22ClFN2O2. The van der Waals surface area contributed by atoms with Crippen LogP contribution in [0.5, 0.6) is 0 Å². The Kier molecular flexibility index (Phi) is 9.98. The predicted molar refractivity (Wildman–Crippen MR) is 79.8 cm³/mol. The topological polar surface area (TPSA) is 50.4 Å². The van der Waals surface area contributed by atoms with Crippen molar-refractivity contribution in [3.8, 4) is 0 Å². The first-order valence-electron chi connectivity index (χ1n) is 6.38. The fourth-order valence-electron chi connectivity index (χ4n) is 1.65. The van der Waals surface area contributed by atoms with E-state index in [0.29, 0.717) is 25.3 Å². The average Bonchev–Trinajstić information content (AvgIpc) is 2.41. The zero-order chi connectivity index (χ0) is 14.1. The van der Waals surface area contributed by atoms with E-state index in [1.807, 2.05) is 0 Å². The summed E-state index contributed by atoms with van der Waals surface area (Å²) in [5, 5.41) is 5.94. The summed E-state index contributed by atoms with van der Waals surface area (Å²) in [7, 11) is 1.64. The first-order valence-corrected chi connectivity index (χ1v) is 6.38. The van der Waals surface area contributed by atoms with Gasteiger partial charge in [0.25, 0.3) is 0 Å². The summed E-state index contributed by atoms with van der Waals surface area (Å²) in [6.45, 7) is 4.40. The van der Waals surface area contributed by atoms with Crippen molar-refractivity contribution in [2.45, 2.75) is 12.8 Å². The third-order valence-electron chi connectivity index (χ3n) is 2.83. The minimum atomic E-state index is -0.352. The number of hydrogen-bond donors (Lipinski definition) is 2. The van der Waals surface area contributed by atoms with Crippen LogP contribution in [-0.4, -0.2) is 39.3 Å². The molecule has 1 aromatic rings. The van der Waals surface area contributed by atoms with Crippen molar-refractivity contribution in [2.24, 2.45) is 0 Å². The molecule has 0 aliphatic carbocycles. The highest BCUT2D eigenvalue weighted by atomic mass is 35.5. The van der Waals surface area contributed by atoms with Crippen molar-refractivity contribution in [2.75, 3.05) is 33.4 Å². The molecule has 1 rings (SSSR count). The minimum absolute atomic E-state index is 0. The minimum Gasteiger partial charge on any atom is -0.383 e. The van der Waals surface area contributed by atoms with Crippen molar-refractivity contribution in [3.63, 3.8) is 0 Å². The Morgan fingerprint density at radius 2 is 2.10 bits per heavy atom. The van der Waals surface area contributed by atoms with Crippen molar-refractivity contribution in [1.82, 2.24) is 10.6 Å². The summed E-state index contributed by atoms with van der Waals surface area (Å²) in [6.07, 6.45) is 0. The van der Waals surface area contributed by atoms with Crippen LogP contribution in [0.3, 0.4) is 0 Å². The molecule has 0 saturated heterocycles. The Bertz CT molecular complexity index is 405. The summed E-state index contributed by atoms with van der Waals surface area (Å²) < 4.78 is 18.0. The molecule has 0 radical (unpaired) electrons. The third-order valence-corrected chi connectivity index (χ3v) is 2.83. The molecule has 1 atom stereocenters. The average molecular weight is 305 g/mol. The van der Waals surface area contributed by atoms with Gasteiger partial charge in [-0.05, 0) is 24.6 Å². The quantitative estimate of drug-likeness (QED) is 0.719. The van der Waals surface area contributed by atoms with Gasteiger partial charge in [-0.15, -0.1) is 12.4 Å². The van der Waals surface area contributed by atoms with Gasteiger partial charge in [-0.25, -0.2) is 4.39 Å². The van der Waals surface area contributed by atoms with Gasteiger partial charge in [0.15, 0.2) is 0 Å². The van der Waals surface area contributed by atoms with Crippen LogP contribution < -0.4 is 10.6 Å². The van der Waals surface area contributed by atoms with Gasteiger partial charge >= 0.3 is 0 Å². The van der Waals surface area contributed by atoms with E-state index in [0.717, 1.165) is 6.54 Å². The molecule has 0 saturated carbocycles. The van der Waals surface area contributed by atoms with Crippen LogP contribution in [0.2, 0.25) is 0 Å². The monoisotopic (exact) mass is 304 g/mol. The van der Waals surface area contributed by atoms with E-state index in [9.17, 15) is 9.18 Å². The SMILES string of the molecule is COCCNCCNC(=O)C(C)c1cccc(F)c1.Cl. The van der Waals surface area contributed by atoms with Gasteiger partial charge in [0.05, 0.1) is 12.5 Å². The molecule has 4 nitrogen and oxygen atoms in total. The van der Waals surface area contributed by atoms with E-state index in [1.54, 1.807) is 26.2 Å². The number of amides is 1. The molecule has 1 aromatic carbocycles. The van der Waals surface area contributed by atoms with Crippen molar-refractivity contribution >= 4 is 18.3 Å². The van der Waals surface area contributed by atoms with Gasteiger partial charge in [-0.2, -0.15) is 0 Å². The molecule has 0 spiro atoms. The van der Waals surface area contributed by atoms with Crippen LogP contribution in [0.25, 0.3) is 0 Å². The summed E-state index contributed by atoms with van der Waals surface area (Å²) in [6, 6.07) is 6.12. The third kappa shape index (κ3) is 6.84. The lowest BCUT2D eigenvalue weighted by atomic mass is 10.0. The Hall–Kier alpha value is -1.17. The largest absolute Gasteiger partial charge is 0.383 e. The lowest BCUT2D eigenvalue weighted by molar-refractivity contribution is -0.122. The van der Waals surface area contributed by atoms with Gasteiger partial charge in [0.1, 0.15) is 5.82 Å². The van der Waals surface area contributed by atoms with Gasteiger partial charge in [0.2, 0.25) is 5.91 Å². The second kappa shape index (κ2) is 10.6. The molecule has 20 heavy (non-hydrogen) atoms. The molecule has 0 heterocycles. The van der Waals surface area contributed by atoms with E-state index in [-0.39, 0.29) is 30.0 Å². The Morgan fingerprint density at radius 3 is 2.75 bits per heavy atom. The number of rotatable bonds is 8. The lowest BCUT2D eigenvalue weighted by Gasteiger charge is -2.13. The fourth-order valence-corrected chi connectivity index (χ4v) is 1.65. The Balaban J connectivity index is 0.00000361. The number of benzene rings is 1. The number of methoxy groups -OCH3 is 1. The molecule has 6 heteroatoms. The highest BCUT2D eigenvalue weighted by molar-refractivity contribution is 5.85. The lowest BCUT2D eigenvalue weighted by Crippen LogP contribution is -2.35. The number of ether oxygens (including phenoxy) is 1. The van der Waals surface area contributed by atoms with Crippen LogP contribution in [0, 0.1) is 5.82 Å². The number of nitrogens with one attached hydrogen (secondary N) is 2. The van der Waals surface area contributed by atoms with E-state index in [1.165, 1.54) is 12.1 Å². The molecule has 0 bridgehead atoms. The molecule has 1 amide bonds. The van der Waals surface area contributed by atoms with Crippen LogP contribution in [0.4, 0.5) is 4.39 Å². The van der Waals surface area contributed by atoms with Crippen LogP contribution in [0.1, 0.15) is 18.4 Å². The highest BCUT2D eigenvalue weighted by Gasteiger charge is 2.14. The van der Waals surface area contributed by atoms with Crippen LogP contribution in [0.15, 0.2) is 24.3 Å². The Morgan fingerprint density at radius 1 is 1.35 bits per heavy atom. The van der Waals surface area contributed by atoms with E-state index in [4.69, 9.17) is 4.74 Å². The maximum atomic E-state index is 13.1. The molecule has 114 valence electrons. The number of halogens is 2. The van der Waals surface area contributed by atoms with Crippen molar-refractivity contribution < 1.29 is 13.9 Å². The summed E-state index contributed by atoms with van der Waals surface area (Å²) >= 11 is 0. The second-order valence-corrected chi connectivity index (χ2v) is 4.31. The molecule has 0 fully saturated rings. The van der Waals surface area contributed by atoms with Gasteiger partial charge in [0, 0.05) is 26.7 Å². The first-order chi connectivity index (χ1) is 9.15. The summed E-state index contributed by atoms with van der Waals surface area (Å²) in [4.78, 5) is 11.9. The number of carbonyl (C=O) groups excluding carboxylic acids is 1. The number of hydrogen-bond acceptors (Lipinski definition) is 3. The zero-order valence-corrected chi connectivity index (χ0v) is 12.6. The second-order valence-electron chi connectivity index (χ2n) is 4.31. The van der Waals surface area contributed by atoms with E-state index in [2.05, 4.69) is 10.6 Å². The van der Waals surface area contributed by atoms with Gasteiger partial charge in [-0.1, -0.05) is 12.1 Å². The maximum Gasteiger partial charge on any atom is 0.227 e. The molecule has 0 aliphatic heterocycles. The van der Waals surface area contributed by atoms with Gasteiger partial charge in [-0.3, -0.25) is 4.79 Å². The highest BCUT2D eigenvalue weighted by Crippen LogP contribution is 2.15. The van der Waals surface area contributed by atoms with Crippen molar-refractivity contribution in [1.29, 1.82) is 0 Å². The van der Waals surface area contributed by atoms with E-state index >= 15 is 0 Å². The fraction of sp³-hybridized carbons (Fsp3) is 0.500. The predicted octanol–water partition coefficient (Wildman–Crippen LogP) is 1.70. The normalized spacial score (nSPS) is 11.6. The van der Waals surface area contributed by atoms with Gasteiger partial charge < -0.3 is 15.4 Å². The summed E-state index contributed by atoms with van der Waals surface area (Å²) in [5.41, 5.74) is 0.685. The van der Waals surface area contributed by atoms with Crippen LogP contribution in [-0.2, 0) is 9.53 Å². The van der Waals surface area contributed by atoms with Crippen LogP contribution >= 0.6 is 12.4 Å². The smallest absolute Gasteiger partial charge is 0.227 e. The zero-order valence-electron chi connectivity index (χ0n) is 11.8. The number of carbonyl (C=O) groups is 1. The molecular weight excluding hydrogens is 283 g/mol. The Labute approximate surface area is 125 Å². The molecule has 2 N–H and O–H groups in total. The van der Waals surface area contributed by atoms with E-state index < -0.39 is 0 Å². The maximum absolute atomic E-state index is 13.1. The molecule has 0 aliphatic rings. The standard InChI is InChI=1S/C14H21FN2O2.ClH/c1-11(12-4-3-5-13(15)10-12)14(18)17-7-6-16-8-9-19-2;/h3-5,10-11,16H,6-9H2,1-2H3,(H,17,18);1H. The molecule has 0 aromatic heterocycles. The summed E-state index contributed by atoms with van der Waals surface area (Å²) in [5.74, 6) is -0.771.